The molecular formula is C26H36O4. The molecule has 4 nitrogen and oxygen atoms in total. The lowest BCUT2D eigenvalue weighted by Crippen LogP contribution is -2.58. The first kappa shape index (κ1) is 18.5. The second-order valence-electron chi connectivity index (χ2n) is 12.6. The van der Waals surface area contributed by atoms with Gasteiger partial charge in [0.15, 0.2) is 6.61 Å². The first-order valence-corrected chi connectivity index (χ1v) is 12.9. The average Bonchev–Trinajstić information content (AvgIpc) is 3.49. The van der Waals surface area contributed by atoms with Crippen molar-refractivity contribution in [2.24, 2.45) is 65.1 Å². The minimum Gasteiger partial charge on any atom is -0.456 e. The maximum Gasteiger partial charge on any atom is 0.344 e. The Labute approximate surface area is 179 Å². The molecule has 0 radical (unpaired) electrons. The van der Waals surface area contributed by atoms with Crippen molar-refractivity contribution in [2.45, 2.75) is 76.7 Å². The molecule has 7 unspecified atom stereocenters. The Balaban J connectivity index is 0.968. The molecule has 8 fully saturated rings. The van der Waals surface area contributed by atoms with Crippen LogP contribution in [0.15, 0.2) is 0 Å². The highest BCUT2D eigenvalue weighted by Crippen LogP contribution is 2.69. The van der Waals surface area contributed by atoms with E-state index in [-0.39, 0.29) is 30.1 Å². The number of carbonyl (C=O) groups is 2. The molecule has 7 atom stereocenters. The topological polar surface area (TPSA) is 52.6 Å². The molecule has 164 valence electrons. The largest absolute Gasteiger partial charge is 0.456 e. The molecule has 0 aromatic carbocycles. The number of hydrogen-bond donors (Lipinski definition) is 0. The Morgan fingerprint density at radius 3 is 2.17 bits per heavy atom. The van der Waals surface area contributed by atoms with E-state index < -0.39 is 0 Å². The SMILES string of the molecule is CC1(OC(=O)COC(=O)C2CC3CC2C2C4CCC(C4)C32)C2CC3CC(C2)CC1C3. The van der Waals surface area contributed by atoms with Gasteiger partial charge in [0.2, 0.25) is 0 Å². The van der Waals surface area contributed by atoms with Gasteiger partial charge < -0.3 is 9.47 Å². The molecule has 0 saturated heterocycles. The highest BCUT2D eigenvalue weighted by Gasteiger charge is 2.63. The highest BCUT2D eigenvalue weighted by molar-refractivity contribution is 5.78. The number of hydrogen-bond acceptors (Lipinski definition) is 4. The third-order valence-electron chi connectivity index (χ3n) is 11.5. The van der Waals surface area contributed by atoms with Gasteiger partial charge in [-0.2, -0.15) is 0 Å². The summed E-state index contributed by atoms with van der Waals surface area (Å²) in [6.07, 6.45) is 12.7. The van der Waals surface area contributed by atoms with Crippen LogP contribution in [-0.2, 0) is 19.1 Å². The van der Waals surface area contributed by atoms with E-state index in [9.17, 15) is 9.59 Å². The van der Waals surface area contributed by atoms with E-state index in [1.54, 1.807) is 0 Å². The van der Waals surface area contributed by atoms with Gasteiger partial charge in [-0.15, -0.1) is 0 Å². The van der Waals surface area contributed by atoms with Crippen LogP contribution >= 0.6 is 0 Å². The molecular weight excluding hydrogens is 376 g/mol. The van der Waals surface area contributed by atoms with Crippen LogP contribution in [0.1, 0.15) is 71.1 Å². The van der Waals surface area contributed by atoms with Crippen LogP contribution in [0.2, 0.25) is 0 Å². The number of carbonyl (C=O) groups excluding carboxylic acids is 2. The van der Waals surface area contributed by atoms with Crippen molar-refractivity contribution >= 4 is 11.9 Å². The van der Waals surface area contributed by atoms with E-state index in [0.717, 1.165) is 47.8 Å². The van der Waals surface area contributed by atoms with Gasteiger partial charge in [0.05, 0.1) is 5.92 Å². The molecule has 8 aliphatic carbocycles. The van der Waals surface area contributed by atoms with Crippen LogP contribution in [0.5, 0.6) is 0 Å². The molecule has 8 saturated carbocycles. The minimum atomic E-state index is -0.334. The first-order chi connectivity index (χ1) is 14.5. The summed E-state index contributed by atoms with van der Waals surface area (Å²) in [6.45, 7) is 1.97. The lowest BCUT2D eigenvalue weighted by atomic mass is 9.50. The molecule has 0 heterocycles. The Hall–Kier alpha value is -1.06. The maximum atomic E-state index is 12.9. The van der Waals surface area contributed by atoms with Gasteiger partial charge in [-0.25, -0.2) is 4.79 Å². The summed E-state index contributed by atoms with van der Waals surface area (Å²) in [7, 11) is 0. The molecule has 0 aliphatic heterocycles. The quantitative estimate of drug-likeness (QED) is 0.500. The lowest BCUT2D eigenvalue weighted by Gasteiger charge is -2.59. The number of ether oxygens (including phenoxy) is 2. The van der Waals surface area contributed by atoms with Gasteiger partial charge >= 0.3 is 11.9 Å². The van der Waals surface area contributed by atoms with Gasteiger partial charge in [0.1, 0.15) is 5.60 Å². The molecule has 0 N–H and O–H groups in total. The molecule has 4 heteroatoms. The highest BCUT2D eigenvalue weighted by atomic mass is 16.6. The maximum absolute atomic E-state index is 12.9. The van der Waals surface area contributed by atoms with Gasteiger partial charge in [0.25, 0.3) is 0 Å². The van der Waals surface area contributed by atoms with E-state index in [2.05, 4.69) is 6.92 Å². The third-order valence-corrected chi connectivity index (χ3v) is 11.5. The Morgan fingerprint density at radius 1 is 0.800 bits per heavy atom. The smallest absolute Gasteiger partial charge is 0.344 e. The van der Waals surface area contributed by atoms with Crippen molar-refractivity contribution in [1.82, 2.24) is 0 Å². The summed E-state index contributed by atoms with van der Waals surface area (Å²) < 4.78 is 11.7. The summed E-state index contributed by atoms with van der Waals surface area (Å²) in [4.78, 5) is 25.6. The predicted molar refractivity (Wildman–Crippen MR) is 110 cm³/mol. The van der Waals surface area contributed by atoms with E-state index in [4.69, 9.17) is 9.47 Å². The van der Waals surface area contributed by atoms with E-state index >= 15 is 0 Å². The van der Waals surface area contributed by atoms with Crippen molar-refractivity contribution in [3.05, 3.63) is 0 Å². The summed E-state index contributed by atoms with van der Waals surface area (Å²) >= 11 is 0. The van der Waals surface area contributed by atoms with Crippen molar-refractivity contribution in [2.75, 3.05) is 6.61 Å². The van der Waals surface area contributed by atoms with E-state index in [1.807, 2.05) is 0 Å². The van der Waals surface area contributed by atoms with Crippen LogP contribution in [0, 0.1) is 65.1 Å². The molecule has 8 rings (SSSR count). The minimum absolute atomic E-state index is 0.0418. The van der Waals surface area contributed by atoms with Crippen LogP contribution in [0.3, 0.4) is 0 Å². The van der Waals surface area contributed by atoms with Crippen molar-refractivity contribution in [3.8, 4) is 0 Å². The zero-order chi connectivity index (χ0) is 20.2. The van der Waals surface area contributed by atoms with Gasteiger partial charge in [0, 0.05) is 0 Å². The lowest BCUT2D eigenvalue weighted by molar-refractivity contribution is -0.207. The van der Waals surface area contributed by atoms with Gasteiger partial charge in [-0.05, 0) is 130 Å². The second kappa shape index (κ2) is 6.25. The number of rotatable bonds is 4. The number of esters is 2. The third kappa shape index (κ3) is 2.45. The average molecular weight is 413 g/mol. The van der Waals surface area contributed by atoms with E-state index in [0.29, 0.717) is 17.8 Å². The Bertz CT molecular complexity index is 745. The van der Waals surface area contributed by atoms with Gasteiger partial charge in [-0.1, -0.05) is 0 Å². The van der Waals surface area contributed by atoms with Crippen LogP contribution in [-0.4, -0.2) is 24.1 Å². The fraction of sp³-hybridized carbons (Fsp3) is 0.923. The molecule has 0 amide bonds. The molecule has 0 aromatic rings. The molecule has 8 aliphatic rings. The fourth-order valence-corrected chi connectivity index (χ4v) is 10.6. The van der Waals surface area contributed by atoms with Crippen molar-refractivity contribution in [3.63, 3.8) is 0 Å². The predicted octanol–water partition coefficient (Wildman–Crippen LogP) is 4.61. The Morgan fingerprint density at radius 2 is 1.47 bits per heavy atom. The normalized spacial score (nSPS) is 56.4. The van der Waals surface area contributed by atoms with Crippen molar-refractivity contribution in [1.29, 1.82) is 0 Å². The van der Waals surface area contributed by atoms with Crippen molar-refractivity contribution < 1.29 is 19.1 Å². The monoisotopic (exact) mass is 412 g/mol. The summed E-state index contributed by atoms with van der Waals surface area (Å²) in [6, 6.07) is 0. The number of fused-ring (bicyclic) bond motifs is 9. The summed E-state index contributed by atoms with van der Waals surface area (Å²) in [5.41, 5.74) is -0.334. The van der Waals surface area contributed by atoms with Gasteiger partial charge in [-0.3, -0.25) is 4.79 Å². The van der Waals surface area contributed by atoms with E-state index in [1.165, 1.54) is 57.8 Å². The zero-order valence-electron chi connectivity index (χ0n) is 18.3. The Kier molecular flexibility index (Phi) is 3.86. The van der Waals surface area contributed by atoms with Crippen LogP contribution in [0.4, 0.5) is 0 Å². The zero-order valence-corrected chi connectivity index (χ0v) is 18.3. The molecule has 0 spiro atoms. The molecule has 0 aromatic heterocycles. The molecule has 30 heavy (non-hydrogen) atoms. The summed E-state index contributed by atoms with van der Waals surface area (Å²) in [5, 5.41) is 0. The summed E-state index contributed by atoms with van der Waals surface area (Å²) in [5.74, 6) is 7.09. The molecule has 8 bridgehead atoms. The fourth-order valence-electron chi connectivity index (χ4n) is 10.6. The standard InChI is InChI=1S/C26H36O4/c1-26(18-5-13-4-14(7-18)8-19(26)6-13)30-22(27)12-29-25(28)21-11-17-10-20(21)24-16-3-2-15(9-16)23(17)24/h13-21,23-24H,2-12H2,1H3. The second-order valence-corrected chi connectivity index (χ2v) is 12.6. The van der Waals surface area contributed by atoms with Crippen LogP contribution in [0.25, 0.3) is 0 Å². The first-order valence-electron chi connectivity index (χ1n) is 12.9. The van der Waals surface area contributed by atoms with Crippen LogP contribution < -0.4 is 0 Å².